The van der Waals surface area contributed by atoms with Crippen molar-refractivity contribution in [3.8, 4) is 6.07 Å². The second-order valence-corrected chi connectivity index (χ2v) is 4.84. The lowest BCUT2D eigenvalue weighted by molar-refractivity contribution is 0.0999. The molecule has 0 fully saturated rings. The number of carbonyl (C=O) groups is 1. The Morgan fingerprint density at radius 3 is 2.78 bits per heavy atom. The molecule has 92 valence electrons. The minimum absolute atomic E-state index is 0.0645. The maximum atomic E-state index is 11.9. The van der Waals surface area contributed by atoms with Crippen molar-refractivity contribution < 1.29 is 4.79 Å². The third kappa shape index (κ3) is 2.02. The van der Waals surface area contributed by atoms with Crippen molar-refractivity contribution in [1.82, 2.24) is 4.57 Å². The fourth-order valence-corrected chi connectivity index (χ4v) is 2.16. The van der Waals surface area contributed by atoms with Crippen LogP contribution in [0.3, 0.4) is 0 Å². The van der Waals surface area contributed by atoms with E-state index in [1.165, 1.54) is 5.56 Å². The van der Waals surface area contributed by atoms with Gasteiger partial charge in [0.2, 0.25) is 0 Å². The summed E-state index contributed by atoms with van der Waals surface area (Å²) in [7, 11) is 1.92. The van der Waals surface area contributed by atoms with Crippen LogP contribution in [0.1, 0.15) is 42.1 Å². The summed E-state index contributed by atoms with van der Waals surface area (Å²) >= 11 is 0. The molecule has 0 aliphatic rings. The summed E-state index contributed by atoms with van der Waals surface area (Å²) < 4.78 is 1.93. The van der Waals surface area contributed by atoms with Gasteiger partial charge < -0.3 is 4.57 Å². The van der Waals surface area contributed by atoms with Gasteiger partial charge >= 0.3 is 0 Å². The Morgan fingerprint density at radius 2 is 2.17 bits per heavy atom. The molecule has 0 spiro atoms. The Bertz CT molecular complexity index is 644. The molecule has 0 saturated carbocycles. The van der Waals surface area contributed by atoms with E-state index in [0.717, 1.165) is 10.9 Å². The SMILES string of the molecule is CC(C)c1ccc2c(c1)c(C(=O)CC#N)cn2C. The lowest BCUT2D eigenvalue weighted by Gasteiger charge is -2.06. The molecule has 1 heterocycles. The number of hydrogen-bond acceptors (Lipinski definition) is 2. The summed E-state index contributed by atoms with van der Waals surface area (Å²) in [4.78, 5) is 11.9. The standard InChI is InChI=1S/C15H16N2O/c1-10(2)11-4-5-14-12(8-11)13(9-17(14)3)15(18)6-7-16/h4-5,8-10H,6H2,1-3H3. The Balaban J connectivity index is 2.64. The number of nitrogens with zero attached hydrogens (tertiary/aromatic N) is 2. The topological polar surface area (TPSA) is 45.8 Å². The number of aromatic nitrogens is 1. The molecular weight excluding hydrogens is 224 g/mol. The van der Waals surface area contributed by atoms with Crippen LogP contribution in [-0.4, -0.2) is 10.4 Å². The molecule has 0 saturated heterocycles. The number of benzene rings is 1. The summed E-state index contributed by atoms with van der Waals surface area (Å²) in [5.74, 6) is 0.317. The Labute approximate surface area is 107 Å². The highest BCUT2D eigenvalue weighted by Gasteiger charge is 2.14. The van der Waals surface area contributed by atoms with Crippen molar-refractivity contribution >= 4 is 16.7 Å². The fraction of sp³-hybridized carbons (Fsp3) is 0.333. The predicted octanol–water partition coefficient (Wildman–Crippen LogP) is 3.40. The Kier molecular flexibility index (Phi) is 3.20. The van der Waals surface area contributed by atoms with Gasteiger partial charge in [-0.05, 0) is 23.6 Å². The van der Waals surface area contributed by atoms with Gasteiger partial charge in [0.15, 0.2) is 5.78 Å². The number of hydrogen-bond donors (Lipinski definition) is 0. The third-order valence-electron chi connectivity index (χ3n) is 3.22. The monoisotopic (exact) mass is 240 g/mol. The highest BCUT2D eigenvalue weighted by Crippen LogP contribution is 2.26. The average molecular weight is 240 g/mol. The van der Waals surface area contributed by atoms with Gasteiger partial charge in [-0.1, -0.05) is 19.9 Å². The van der Waals surface area contributed by atoms with Crippen molar-refractivity contribution in [2.75, 3.05) is 0 Å². The average Bonchev–Trinajstić information content (AvgIpc) is 2.67. The molecule has 0 atom stereocenters. The van der Waals surface area contributed by atoms with Crippen LogP contribution < -0.4 is 0 Å². The molecule has 2 aromatic rings. The minimum Gasteiger partial charge on any atom is -0.350 e. The first-order chi connectivity index (χ1) is 8.54. The molecule has 0 N–H and O–H groups in total. The van der Waals surface area contributed by atoms with E-state index in [1.807, 2.05) is 29.9 Å². The smallest absolute Gasteiger partial charge is 0.179 e. The van der Waals surface area contributed by atoms with Crippen molar-refractivity contribution in [2.24, 2.45) is 7.05 Å². The lowest BCUT2D eigenvalue weighted by atomic mass is 9.99. The maximum absolute atomic E-state index is 11.9. The number of fused-ring (bicyclic) bond motifs is 1. The van der Waals surface area contributed by atoms with Crippen LogP contribution in [0.2, 0.25) is 0 Å². The Morgan fingerprint density at radius 1 is 1.44 bits per heavy atom. The summed E-state index contributed by atoms with van der Waals surface area (Å²) in [5, 5.41) is 9.59. The predicted molar refractivity (Wildman–Crippen MR) is 71.6 cm³/mol. The zero-order chi connectivity index (χ0) is 13.3. The van der Waals surface area contributed by atoms with Gasteiger partial charge in [0.1, 0.15) is 0 Å². The van der Waals surface area contributed by atoms with E-state index < -0.39 is 0 Å². The molecule has 0 radical (unpaired) electrons. The molecule has 2 rings (SSSR count). The van der Waals surface area contributed by atoms with Crippen LogP contribution in [0.4, 0.5) is 0 Å². The van der Waals surface area contributed by atoms with Gasteiger partial charge in [-0.2, -0.15) is 5.26 Å². The van der Waals surface area contributed by atoms with Gasteiger partial charge in [0, 0.05) is 29.7 Å². The van der Waals surface area contributed by atoms with Crippen LogP contribution in [0.15, 0.2) is 24.4 Å². The van der Waals surface area contributed by atoms with Gasteiger partial charge in [-0.15, -0.1) is 0 Å². The second-order valence-electron chi connectivity index (χ2n) is 4.84. The van der Waals surface area contributed by atoms with E-state index in [4.69, 9.17) is 5.26 Å². The second kappa shape index (κ2) is 4.66. The third-order valence-corrected chi connectivity index (χ3v) is 3.22. The van der Waals surface area contributed by atoms with E-state index in [1.54, 1.807) is 0 Å². The summed E-state index contributed by atoms with van der Waals surface area (Å²) in [6.07, 6.45) is 1.75. The maximum Gasteiger partial charge on any atom is 0.179 e. The van der Waals surface area contributed by atoms with E-state index in [9.17, 15) is 4.79 Å². The van der Waals surface area contributed by atoms with Crippen LogP contribution in [0.25, 0.3) is 10.9 Å². The molecule has 1 aromatic carbocycles. The zero-order valence-electron chi connectivity index (χ0n) is 10.9. The molecule has 3 heteroatoms. The highest BCUT2D eigenvalue weighted by molar-refractivity contribution is 6.08. The lowest BCUT2D eigenvalue weighted by Crippen LogP contribution is -1.96. The quantitative estimate of drug-likeness (QED) is 0.772. The van der Waals surface area contributed by atoms with E-state index in [0.29, 0.717) is 11.5 Å². The first-order valence-corrected chi connectivity index (χ1v) is 6.03. The van der Waals surface area contributed by atoms with Gasteiger partial charge in [0.05, 0.1) is 12.5 Å². The van der Waals surface area contributed by atoms with Gasteiger partial charge in [0.25, 0.3) is 0 Å². The normalized spacial score (nSPS) is 10.8. The molecular formula is C15H16N2O. The van der Waals surface area contributed by atoms with Crippen molar-refractivity contribution in [3.63, 3.8) is 0 Å². The summed E-state index contributed by atoms with van der Waals surface area (Å²) in [6.45, 7) is 4.25. The van der Waals surface area contributed by atoms with Crippen LogP contribution in [-0.2, 0) is 7.05 Å². The van der Waals surface area contributed by atoms with E-state index in [-0.39, 0.29) is 12.2 Å². The van der Waals surface area contributed by atoms with Crippen LogP contribution >= 0.6 is 0 Å². The molecule has 0 bridgehead atoms. The number of Topliss-reactive ketones (excluding diaryl/α,β-unsaturated/α-hetero) is 1. The first kappa shape index (κ1) is 12.4. The zero-order valence-corrected chi connectivity index (χ0v) is 10.9. The van der Waals surface area contributed by atoms with Gasteiger partial charge in [-0.25, -0.2) is 0 Å². The summed E-state index contributed by atoms with van der Waals surface area (Å²) in [5.41, 5.74) is 2.89. The Hall–Kier alpha value is -2.08. The first-order valence-electron chi connectivity index (χ1n) is 6.03. The molecule has 0 aliphatic carbocycles. The number of nitriles is 1. The van der Waals surface area contributed by atoms with Gasteiger partial charge in [-0.3, -0.25) is 4.79 Å². The molecule has 0 unspecified atom stereocenters. The van der Waals surface area contributed by atoms with Crippen molar-refractivity contribution in [2.45, 2.75) is 26.2 Å². The molecule has 1 aromatic heterocycles. The molecule has 3 nitrogen and oxygen atoms in total. The van der Waals surface area contributed by atoms with Crippen LogP contribution in [0.5, 0.6) is 0 Å². The largest absolute Gasteiger partial charge is 0.350 e. The fourth-order valence-electron chi connectivity index (χ4n) is 2.16. The molecule has 18 heavy (non-hydrogen) atoms. The minimum atomic E-state index is -0.107. The molecule has 0 aliphatic heterocycles. The molecule has 0 amide bonds. The van der Waals surface area contributed by atoms with Crippen LogP contribution in [0, 0.1) is 11.3 Å². The number of carbonyl (C=O) groups excluding carboxylic acids is 1. The van der Waals surface area contributed by atoms with Crippen molar-refractivity contribution in [3.05, 3.63) is 35.5 Å². The number of rotatable bonds is 3. The van der Waals surface area contributed by atoms with E-state index >= 15 is 0 Å². The number of ketones is 1. The van der Waals surface area contributed by atoms with Crippen molar-refractivity contribution in [1.29, 1.82) is 5.26 Å². The highest BCUT2D eigenvalue weighted by atomic mass is 16.1. The number of aryl methyl sites for hydroxylation is 1. The van der Waals surface area contributed by atoms with E-state index in [2.05, 4.69) is 26.0 Å². The summed E-state index contributed by atoms with van der Waals surface area (Å²) in [6, 6.07) is 8.10.